The number of ether oxygens (including phenoxy) is 2. The number of nitrogens with zero attached hydrogens (tertiary/aromatic N) is 4. The van der Waals surface area contributed by atoms with Crippen LogP contribution in [0.15, 0.2) is 28.2 Å². The van der Waals surface area contributed by atoms with Gasteiger partial charge in [0.25, 0.3) is 5.56 Å². The number of rotatable bonds is 8. The lowest BCUT2D eigenvalue weighted by Crippen LogP contribution is -2.27. The lowest BCUT2D eigenvalue weighted by Gasteiger charge is -2.12. The largest absolute Gasteiger partial charge is 0.454 e. The minimum absolute atomic E-state index is 0.113. The first kappa shape index (κ1) is 21.2. The maximum atomic E-state index is 13.1. The number of benzene rings is 1. The molecule has 0 saturated carbocycles. The number of carbonyl (C=O) groups is 1. The number of amides is 1. The topological polar surface area (TPSA) is 100 Å². The fourth-order valence-electron chi connectivity index (χ4n) is 3.48. The quantitative estimate of drug-likeness (QED) is 0.422. The smallest absolute Gasteiger partial charge is 0.280 e. The maximum absolute atomic E-state index is 13.1. The summed E-state index contributed by atoms with van der Waals surface area (Å²) in [7, 11) is 0. The molecular formula is C21H25N5O4S. The van der Waals surface area contributed by atoms with E-state index in [1.807, 2.05) is 39.0 Å². The number of hydrogen-bond donors (Lipinski definition) is 1. The van der Waals surface area contributed by atoms with Gasteiger partial charge in [-0.2, -0.15) is 5.10 Å². The van der Waals surface area contributed by atoms with E-state index >= 15 is 0 Å². The molecule has 3 aromatic rings. The molecule has 3 heterocycles. The Morgan fingerprint density at radius 1 is 1.26 bits per heavy atom. The van der Waals surface area contributed by atoms with Crippen LogP contribution in [0.25, 0.3) is 11.0 Å². The number of fused-ring (bicyclic) bond motifs is 2. The van der Waals surface area contributed by atoms with Crippen molar-refractivity contribution in [3.63, 3.8) is 0 Å². The second-order valence-corrected chi connectivity index (χ2v) is 8.15. The van der Waals surface area contributed by atoms with Crippen molar-refractivity contribution in [2.45, 2.75) is 52.0 Å². The molecule has 10 heteroatoms. The van der Waals surface area contributed by atoms with Crippen LogP contribution in [0.2, 0.25) is 0 Å². The van der Waals surface area contributed by atoms with Gasteiger partial charge < -0.3 is 14.8 Å². The van der Waals surface area contributed by atoms with E-state index in [1.165, 1.54) is 11.8 Å². The first-order valence-corrected chi connectivity index (χ1v) is 11.3. The molecule has 0 unspecified atom stereocenters. The summed E-state index contributed by atoms with van der Waals surface area (Å²) >= 11 is 1.26. The molecule has 1 N–H and O–H groups in total. The van der Waals surface area contributed by atoms with Crippen molar-refractivity contribution in [1.29, 1.82) is 0 Å². The van der Waals surface area contributed by atoms with Crippen LogP contribution >= 0.6 is 11.8 Å². The molecule has 1 amide bonds. The van der Waals surface area contributed by atoms with Gasteiger partial charge in [0.05, 0.1) is 11.4 Å². The van der Waals surface area contributed by atoms with E-state index in [1.54, 1.807) is 9.25 Å². The first-order chi connectivity index (χ1) is 15.0. The Hall–Kier alpha value is -3.01. The molecule has 0 spiro atoms. The molecular weight excluding hydrogens is 418 g/mol. The summed E-state index contributed by atoms with van der Waals surface area (Å²) in [6.45, 7) is 7.53. The Balaban J connectivity index is 1.47. The number of hydrogen-bond acceptors (Lipinski definition) is 7. The van der Waals surface area contributed by atoms with E-state index in [-0.39, 0.29) is 24.0 Å². The molecule has 9 nitrogen and oxygen atoms in total. The van der Waals surface area contributed by atoms with Crippen LogP contribution in [0.4, 0.5) is 0 Å². The highest BCUT2D eigenvalue weighted by Gasteiger charge is 2.19. The lowest BCUT2D eigenvalue weighted by atomic mass is 10.2. The summed E-state index contributed by atoms with van der Waals surface area (Å²) in [6.07, 6.45) is 0.788. The van der Waals surface area contributed by atoms with Crippen molar-refractivity contribution in [2.24, 2.45) is 0 Å². The highest BCUT2D eigenvalue weighted by Crippen LogP contribution is 2.32. The summed E-state index contributed by atoms with van der Waals surface area (Å²) in [5, 5.41) is 7.87. The molecule has 0 fully saturated rings. The van der Waals surface area contributed by atoms with E-state index in [4.69, 9.17) is 9.47 Å². The first-order valence-electron chi connectivity index (χ1n) is 10.3. The summed E-state index contributed by atoms with van der Waals surface area (Å²) < 4.78 is 14.0. The number of nitrogens with one attached hydrogen (secondary N) is 1. The monoisotopic (exact) mass is 443 g/mol. The minimum Gasteiger partial charge on any atom is -0.454 e. The normalized spacial score (nSPS) is 12.5. The van der Waals surface area contributed by atoms with Gasteiger partial charge in [-0.1, -0.05) is 24.8 Å². The molecule has 0 bridgehead atoms. The highest BCUT2D eigenvalue weighted by molar-refractivity contribution is 7.99. The van der Waals surface area contributed by atoms with Gasteiger partial charge in [0.15, 0.2) is 22.2 Å². The number of carbonyl (C=O) groups excluding carboxylic acids is 1. The molecule has 0 atom stereocenters. The Morgan fingerprint density at radius 3 is 2.84 bits per heavy atom. The molecule has 31 heavy (non-hydrogen) atoms. The Morgan fingerprint density at radius 2 is 2.06 bits per heavy atom. The van der Waals surface area contributed by atoms with Crippen molar-refractivity contribution < 1.29 is 14.3 Å². The third-order valence-corrected chi connectivity index (χ3v) is 5.96. The summed E-state index contributed by atoms with van der Waals surface area (Å²) in [6, 6.07) is 5.59. The molecule has 4 rings (SSSR count). The van der Waals surface area contributed by atoms with Crippen molar-refractivity contribution in [3.8, 4) is 11.5 Å². The number of thioether (sulfide) groups is 1. The lowest BCUT2D eigenvalue weighted by molar-refractivity contribution is -0.118. The second-order valence-electron chi connectivity index (χ2n) is 7.20. The van der Waals surface area contributed by atoms with Gasteiger partial charge in [-0.25, -0.2) is 4.98 Å². The predicted molar refractivity (Wildman–Crippen MR) is 118 cm³/mol. The maximum Gasteiger partial charge on any atom is 0.280 e. The zero-order chi connectivity index (χ0) is 22.0. The van der Waals surface area contributed by atoms with E-state index in [0.29, 0.717) is 53.0 Å². The van der Waals surface area contributed by atoms with Crippen LogP contribution in [-0.4, -0.2) is 37.8 Å². The van der Waals surface area contributed by atoms with Gasteiger partial charge >= 0.3 is 0 Å². The van der Waals surface area contributed by atoms with Crippen molar-refractivity contribution in [2.75, 3.05) is 12.5 Å². The standard InChI is InChI=1S/C21H25N5O4S/c1-4-8-25-20(28)19-18(13(3)24-26(19)5-2)23-21(25)31-11-17(27)22-10-14-6-7-15-16(9-14)30-12-29-15/h6-7,9H,4-5,8,10-12H2,1-3H3,(H,22,27). The zero-order valence-corrected chi connectivity index (χ0v) is 18.6. The van der Waals surface area contributed by atoms with Crippen molar-refractivity contribution >= 4 is 28.7 Å². The van der Waals surface area contributed by atoms with E-state index in [0.717, 1.165) is 12.0 Å². The van der Waals surface area contributed by atoms with Gasteiger partial charge in [-0.05, 0) is 38.0 Å². The van der Waals surface area contributed by atoms with Crippen LogP contribution in [0.1, 0.15) is 31.5 Å². The molecule has 2 aromatic heterocycles. The molecule has 0 saturated heterocycles. The fraction of sp³-hybridized carbons (Fsp3) is 0.429. The SMILES string of the molecule is CCCn1c(SCC(=O)NCc2ccc3c(c2)OCO3)nc2c(C)nn(CC)c2c1=O. The van der Waals surface area contributed by atoms with E-state index < -0.39 is 0 Å². The van der Waals surface area contributed by atoms with E-state index in [2.05, 4.69) is 15.4 Å². The van der Waals surface area contributed by atoms with Crippen LogP contribution in [-0.2, 0) is 24.4 Å². The molecule has 0 aliphatic carbocycles. The molecule has 1 aliphatic rings. The summed E-state index contributed by atoms with van der Waals surface area (Å²) in [4.78, 5) is 30.2. The third-order valence-electron chi connectivity index (χ3n) is 4.99. The predicted octanol–water partition coefficient (Wildman–Crippen LogP) is 2.47. The average Bonchev–Trinajstić information content (AvgIpc) is 3.36. The Kier molecular flexibility index (Phi) is 6.17. The molecule has 1 aromatic carbocycles. The summed E-state index contributed by atoms with van der Waals surface area (Å²) in [5.41, 5.74) is 2.64. The minimum atomic E-state index is -0.138. The van der Waals surface area contributed by atoms with Gasteiger partial charge in [0, 0.05) is 19.6 Å². The molecule has 1 aliphatic heterocycles. The molecule has 0 radical (unpaired) electrons. The van der Waals surface area contributed by atoms with Gasteiger partial charge in [-0.15, -0.1) is 0 Å². The fourth-order valence-corrected chi connectivity index (χ4v) is 4.33. The van der Waals surface area contributed by atoms with Crippen LogP contribution in [0.3, 0.4) is 0 Å². The average molecular weight is 444 g/mol. The van der Waals surface area contributed by atoms with Crippen molar-refractivity contribution in [3.05, 3.63) is 39.8 Å². The molecule has 164 valence electrons. The van der Waals surface area contributed by atoms with Crippen molar-refractivity contribution in [1.82, 2.24) is 24.6 Å². The van der Waals surface area contributed by atoms with E-state index in [9.17, 15) is 9.59 Å². The van der Waals surface area contributed by atoms with Crippen LogP contribution < -0.4 is 20.3 Å². The van der Waals surface area contributed by atoms with Crippen LogP contribution in [0.5, 0.6) is 11.5 Å². The number of aromatic nitrogens is 4. The highest BCUT2D eigenvalue weighted by atomic mass is 32.2. The third kappa shape index (κ3) is 4.25. The van der Waals surface area contributed by atoms with Gasteiger partial charge in [-0.3, -0.25) is 18.8 Å². The number of aryl methyl sites for hydroxylation is 2. The van der Waals surface area contributed by atoms with Gasteiger partial charge in [0.1, 0.15) is 5.52 Å². The Labute approximate surface area is 183 Å². The van der Waals surface area contributed by atoms with Gasteiger partial charge in [0.2, 0.25) is 12.7 Å². The second kappa shape index (κ2) is 9.01. The summed E-state index contributed by atoms with van der Waals surface area (Å²) in [5.74, 6) is 1.42. The zero-order valence-electron chi connectivity index (χ0n) is 17.8. The van der Waals surface area contributed by atoms with Crippen LogP contribution in [0, 0.1) is 6.92 Å². The Bertz CT molecular complexity index is 1190.